The van der Waals surface area contributed by atoms with Crippen molar-refractivity contribution < 1.29 is 4.79 Å². The molecule has 0 unspecified atom stereocenters. The van der Waals surface area contributed by atoms with Gasteiger partial charge in [0, 0.05) is 12.4 Å². The second-order valence-corrected chi connectivity index (χ2v) is 3.88. The molecule has 3 rings (SSSR count). The molecule has 9 heteroatoms. The number of anilines is 1. The molecule has 0 spiro atoms. The van der Waals surface area contributed by atoms with Crippen LogP contribution in [-0.2, 0) is 11.3 Å². The summed E-state index contributed by atoms with van der Waals surface area (Å²) in [6.07, 6.45) is 10.9. The van der Waals surface area contributed by atoms with Crippen LogP contribution in [0.2, 0.25) is 0 Å². The van der Waals surface area contributed by atoms with Gasteiger partial charge in [0.05, 0.1) is 18.1 Å². The SMILES string of the molecule is O=C(Cn1cncn1)Nc1cnc(-n2ccnc2)nc1. The molecule has 0 aromatic carbocycles. The molecule has 3 aromatic heterocycles. The minimum absolute atomic E-state index is 0.0866. The normalized spacial score (nSPS) is 10.4. The summed E-state index contributed by atoms with van der Waals surface area (Å²) in [6.45, 7) is 0.0866. The zero-order valence-electron chi connectivity index (χ0n) is 10.3. The Kier molecular flexibility index (Phi) is 3.15. The third-order valence-corrected chi connectivity index (χ3v) is 2.43. The van der Waals surface area contributed by atoms with Crippen LogP contribution >= 0.6 is 0 Å². The van der Waals surface area contributed by atoms with Crippen molar-refractivity contribution in [2.45, 2.75) is 6.54 Å². The van der Waals surface area contributed by atoms with Crippen LogP contribution < -0.4 is 5.32 Å². The number of nitrogens with one attached hydrogen (secondary N) is 1. The van der Waals surface area contributed by atoms with Crippen molar-refractivity contribution in [1.82, 2.24) is 34.3 Å². The highest BCUT2D eigenvalue weighted by Gasteiger charge is 2.05. The van der Waals surface area contributed by atoms with Gasteiger partial charge in [-0.2, -0.15) is 5.10 Å². The third-order valence-electron chi connectivity index (χ3n) is 2.43. The molecule has 3 aromatic rings. The van der Waals surface area contributed by atoms with Gasteiger partial charge in [0.15, 0.2) is 0 Å². The van der Waals surface area contributed by atoms with E-state index in [2.05, 4.69) is 30.4 Å². The standard InChI is InChI=1S/C11H10N8O/c20-10(5-19-8-13-6-16-19)17-9-3-14-11(15-4-9)18-2-1-12-7-18/h1-4,6-8H,5H2,(H,17,20). The minimum Gasteiger partial charge on any atom is -0.322 e. The summed E-state index contributed by atoms with van der Waals surface area (Å²) in [7, 11) is 0. The maximum Gasteiger partial charge on any atom is 0.246 e. The van der Waals surface area contributed by atoms with Crippen LogP contribution in [0.3, 0.4) is 0 Å². The summed E-state index contributed by atoms with van der Waals surface area (Å²) >= 11 is 0. The van der Waals surface area contributed by atoms with E-state index in [9.17, 15) is 4.79 Å². The molecule has 0 fully saturated rings. The van der Waals surface area contributed by atoms with Gasteiger partial charge in [0.25, 0.3) is 0 Å². The molecule has 0 aliphatic heterocycles. The molecule has 0 bridgehead atoms. The number of hydrogen-bond donors (Lipinski definition) is 1. The number of aromatic nitrogens is 7. The van der Waals surface area contributed by atoms with Crippen LogP contribution in [0.4, 0.5) is 5.69 Å². The molecule has 0 atom stereocenters. The molecule has 0 aliphatic carbocycles. The zero-order chi connectivity index (χ0) is 13.8. The smallest absolute Gasteiger partial charge is 0.246 e. The summed E-state index contributed by atoms with van der Waals surface area (Å²) in [5.41, 5.74) is 0.513. The highest BCUT2D eigenvalue weighted by atomic mass is 16.2. The van der Waals surface area contributed by atoms with Crippen LogP contribution in [0, 0.1) is 0 Å². The van der Waals surface area contributed by atoms with E-state index in [0.29, 0.717) is 11.6 Å². The first-order valence-corrected chi connectivity index (χ1v) is 5.74. The van der Waals surface area contributed by atoms with E-state index < -0.39 is 0 Å². The van der Waals surface area contributed by atoms with Gasteiger partial charge >= 0.3 is 0 Å². The summed E-state index contributed by atoms with van der Waals surface area (Å²) in [5.74, 6) is 0.256. The molecular weight excluding hydrogens is 260 g/mol. The zero-order valence-corrected chi connectivity index (χ0v) is 10.3. The predicted molar refractivity (Wildman–Crippen MR) is 67.8 cm³/mol. The molecule has 1 amide bonds. The van der Waals surface area contributed by atoms with E-state index in [0.717, 1.165) is 0 Å². The molecule has 9 nitrogen and oxygen atoms in total. The number of imidazole rings is 1. The largest absolute Gasteiger partial charge is 0.322 e. The summed E-state index contributed by atoms with van der Waals surface area (Å²) in [5, 5.41) is 6.52. The van der Waals surface area contributed by atoms with E-state index in [4.69, 9.17) is 0 Å². The first-order valence-electron chi connectivity index (χ1n) is 5.74. The Balaban J connectivity index is 1.65. The summed E-state index contributed by atoms with van der Waals surface area (Å²) < 4.78 is 3.09. The molecule has 0 aliphatic rings. The van der Waals surface area contributed by atoms with Crippen LogP contribution in [0.15, 0.2) is 43.8 Å². The van der Waals surface area contributed by atoms with Crippen LogP contribution in [0.25, 0.3) is 5.95 Å². The number of carbonyl (C=O) groups excluding carboxylic acids is 1. The molecule has 20 heavy (non-hydrogen) atoms. The minimum atomic E-state index is -0.227. The average molecular weight is 270 g/mol. The van der Waals surface area contributed by atoms with Crippen molar-refractivity contribution in [3.8, 4) is 5.95 Å². The van der Waals surface area contributed by atoms with Crippen molar-refractivity contribution in [2.24, 2.45) is 0 Å². The molecule has 100 valence electrons. The number of amides is 1. The van der Waals surface area contributed by atoms with E-state index in [1.165, 1.54) is 29.7 Å². The topological polar surface area (TPSA) is 103 Å². The molecule has 3 heterocycles. The second-order valence-electron chi connectivity index (χ2n) is 3.88. The van der Waals surface area contributed by atoms with Gasteiger partial charge < -0.3 is 5.32 Å². The monoisotopic (exact) mass is 270 g/mol. The van der Waals surface area contributed by atoms with Crippen molar-refractivity contribution >= 4 is 11.6 Å². The maximum absolute atomic E-state index is 11.7. The van der Waals surface area contributed by atoms with Gasteiger partial charge in [0.1, 0.15) is 25.5 Å². The van der Waals surface area contributed by atoms with E-state index >= 15 is 0 Å². The lowest BCUT2D eigenvalue weighted by atomic mass is 10.5. The van der Waals surface area contributed by atoms with E-state index in [-0.39, 0.29) is 12.5 Å². The van der Waals surface area contributed by atoms with Gasteiger partial charge in [0.2, 0.25) is 11.9 Å². The Hall–Kier alpha value is -3.10. The molecule has 1 N–H and O–H groups in total. The molecular formula is C11H10N8O. The lowest BCUT2D eigenvalue weighted by molar-refractivity contribution is -0.116. The Labute approximate surface area is 113 Å². The van der Waals surface area contributed by atoms with E-state index in [1.54, 1.807) is 23.3 Å². The number of carbonyl (C=O) groups is 1. The van der Waals surface area contributed by atoms with Crippen molar-refractivity contribution in [1.29, 1.82) is 0 Å². The highest BCUT2D eigenvalue weighted by molar-refractivity contribution is 5.90. The predicted octanol–water partition coefficient (Wildman–Crippen LogP) is -0.108. The Morgan fingerprint density at radius 1 is 1.20 bits per heavy atom. The average Bonchev–Trinajstić information content (AvgIpc) is 3.12. The number of rotatable bonds is 4. The Morgan fingerprint density at radius 2 is 2.05 bits per heavy atom. The van der Waals surface area contributed by atoms with Gasteiger partial charge in [-0.25, -0.2) is 24.6 Å². The maximum atomic E-state index is 11.7. The van der Waals surface area contributed by atoms with Crippen molar-refractivity contribution in [2.75, 3.05) is 5.32 Å². The summed E-state index contributed by atoms with van der Waals surface area (Å²) in [6, 6.07) is 0. The third kappa shape index (κ3) is 2.66. The fourth-order valence-electron chi connectivity index (χ4n) is 1.56. The van der Waals surface area contributed by atoms with Crippen LogP contribution in [0.1, 0.15) is 0 Å². The quantitative estimate of drug-likeness (QED) is 0.709. The fraction of sp³-hybridized carbons (Fsp3) is 0.0909. The van der Waals surface area contributed by atoms with Gasteiger partial charge in [-0.15, -0.1) is 0 Å². The van der Waals surface area contributed by atoms with Gasteiger partial charge in [-0.1, -0.05) is 0 Å². The Bertz CT molecular complexity index is 674. The molecule has 0 saturated heterocycles. The van der Waals surface area contributed by atoms with Crippen molar-refractivity contribution in [3.63, 3.8) is 0 Å². The van der Waals surface area contributed by atoms with Crippen molar-refractivity contribution in [3.05, 3.63) is 43.8 Å². The number of hydrogen-bond acceptors (Lipinski definition) is 6. The first kappa shape index (κ1) is 12.0. The lowest BCUT2D eigenvalue weighted by Gasteiger charge is -2.05. The van der Waals surface area contributed by atoms with Gasteiger partial charge in [-0.05, 0) is 0 Å². The molecule has 0 radical (unpaired) electrons. The molecule has 0 saturated carbocycles. The summed E-state index contributed by atoms with van der Waals surface area (Å²) in [4.78, 5) is 27.7. The van der Waals surface area contributed by atoms with Crippen LogP contribution in [-0.4, -0.2) is 40.2 Å². The lowest BCUT2D eigenvalue weighted by Crippen LogP contribution is -2.19. The fourth-order valence-corrected chi connectivity index (χ4v) is 1.56. The first-order chi connectivity index (χ1) is 9.81. The Morgan fingerprint density at radius 3 is 2.70 bits per heavy atom. The van der Waals surface area contributed by atoms with Crippen LogP contribution in [0.5, 0.6) is 0 Å². The van der Waals surface area contributed by atoms with E-state index in [1.807, 2.05) is 0 Å². The van der Waals surface area contributed by atoms with Gasteiger partial charge in [-0.3, -0.25) is 9.36 Å². The second kappa shape index (κ2) is 5.26. The highest BCUT2D eigenvalue weighted by Crippen LogP contribution is 2.05. The number of nitrogens with zero attached hydrogens (tertiary/aromatic N) is 7.